The zero-order valence-electron chi connectivity index (χ0n) is 12.4. The van der Waals surface area contributed by atoms with E-state index < -0.39 is 0 Å². The van der Waals surface area contributed by atoms with E-state index in [9.17, 15) is 9.59 Å². The molecule has 0 bridgehead atoms. The highest BCUT2D eigenvalue weighted by Gasteiger charge is 2.26. The highest BCUT2D eigenvalue weighted by molar-refractivity contribution is 5.81. The number of carbonyl (C=O) groups is 2. The molecule has 1 saturated heterocycles. The fourth-order valence-electron chi connectivity index (χ4n) is 2.59. The van der Waals surface area contributed by atoms with Crippen LogP contribution < -0.4 is 10.5 Å². The molecule has 0 radical (unpaired) electrons. The zero-order chi connectivity index (χ0) is 15.2. The first-order valence-electron chi connectivity index (χ1n) is 7.39. The number of amides is 2. The van der Waals surface area contributed by atoms with Gasteiger partial charge in [-0.3, -0.25) is 9.59 Å². The number of piperidine rings is 1. The van der Waals surface area contributed by atoms with Gasteiger partial charge in [0.05, 0.1) is 18.9 Å². The molecule has 1 unspecified atom stereocenters. The molecule has 1 atom stereocenters. The van der Waals surface area contributed by atoms with Crippen molar-refractivity contribution in [2.24, 2.45) is 11.7 Å². The van der Waals surface area contributed by atoms with E-state index in [1.165, 1.54) is 0 Å². The lowest BCUT2D eigenvalue weighted by atomic mass is 9.97. The Bertz CT molecular complexity index is 499. The lowest BCUT2D eigenvalue weighted by Crippen LogP contribution is -2.44. The van der Waals surface area contributed by atoms with E-state index in [4.69, 9.17) is 10.5 Å². The zero-order valence-corrected chi connectivity index (χ0v) is 12.4. The van der Waals surface area contributed by atoms with Gasteiger partial charge in [-0.2, -0.15) is 0 Å². The molecule has 2 amide bonds. The van der Waals surface area contributed by atoms with Gasteiger partial charge in [0, 0.05) is 13.1 Å². The number of nitrogens with two attached hydrogens (primary N) is 1. The SMILES string of the molecule is CCOc1ccc(CC(=O)N2CCCC(C(N)=O)C2)cc1. The molecule has 0 saturated carbocycles. The van der Waals surface area contributed by atoms with Gasteiger partial charge in [-0.15, -0.1) is 0 Å². The second-order valence-electron chi connectivity index (χ2n) is 5.34. The molecular weight excluding hydrogens is 268 g/mol. The fourth-order valence-corrected chi connectivity index (χ4v) is 2.59. The standard InChI is InChI=1S/C16H22N2O3/c1-2-21-14-7-5-12(6-8-14)10-15(19)18-9-3-4-13(11-18)16(17)20/h5-8,13H,2-4,9-11H2,1H3,(H2,17,20). The molecular formula is C16H22N2O3. The number of primary amides is 1. The van der Waals surface area contributed by atoms with Crippen LogP contribution in [0.15, 0.2) is 24.3 Å². The third-order valence-electron chi connectivity index (χ3n) is 3.77. The number of nitrogens with zero attached hydrogens (tertiary/aromatic N) is 1. The predicted molar refractivity (Wildman–Crippen MR) is 79.8 cm³/mol. The summed E-state index contributed by atoms with van der Waals surface area (Å²) in [6.07, 6.45) is 1.96. The van der Waals surface area contributed by atoms with E-state index in [1.807, 2.05) is 31.2 Å². The number of benzene rings is 1. The molecule has 1 aliphatic heterocycles. The maximum Gasteiger partial charge on any atom is 0.227 e. The van der Waals surface area contributed by atoms with Gasteiger partial charge < -0.3 is 15.4 Å². The summed E-state index contributed by atoms with van der Waals surface area (Å²) in [6, 6.07) is 7.54. The summed E-state index contributed by atoms with van der Waals surface area (Å²) in [6.45, 7) is 3.72. The van der Waals surface area contributed by atoms with Crippen molar-refractivity contribution in [2.75, 3.05) is 19.7 Å². The second kappa shape index (κ2) is 7.11. The van der Waals surface area contributed by atoms with E-state index >= 15 is 0 Å². The predicted octanol–water partition coefficient (Wildman–Crippen LogP) is 1.35. The van der Waals surface area contributed by atoms with Crippen LogP contribution in [-0.2, 0) is 16.0 Å². The average molecular weight is 290 g/mol. The summed E-state index contributed by atoms with van der Waals surface area (Å²) in [5.74, 6) is 0.335. The van der Waals surface area contributed by atoms with E-state index in [-0.39, 0.29) is 17.7 Å². The molecule has 0 aromatic heterocycles. The smallest absolute Gasteiger partial charge is 0.227 e. The van der Waals surface area contributed by atoms with Crippen LogP contribution in [0.3, 0.4) is 0 Å². The maximum atomic E-state index is 12.3. The summed E-state index contributed by atoms with van der Waals surface area (Å²) >= 11 is 0. The van der Waals surface area contributed by atoms with Gasteiger partial charge >= 0.3 is 0 Å². The topological polar surface area (TPSA) is 72.6 Å². The van der Waals surface area contributed by atoms with Crippen LogP contribution in [0.1, 0.15) is 25.3 Å². The van der Waals surface area contributed by atoms with Gasteiger partial charge in [0.2, 0.25) is 11.8 Å². The van der Waals surface area contributed by atoms with Crippen molar-refractivity contribution >= 4 is 11.8 Å². The van der Waals surface area contributed by atoms with Crippen molar-refractivity contribution in [3.05, 3.63) is 29.8 Å². The van der Waals surface area contributed by atoms with Crippen LogP contribution in [-0.4, -0.2) is 36.4 Å². The second-order valence-corrected chi connectivity index (χ2v) is 5.34. The minimum Gasteiger partial charge on any atom is -0.494 e. The maximum absolute atomic E-state index is 12.3. The van der Waals surface area contributed by atoms with Gasteiger partial charge in [0.25, 0.3) is 0 Å². The van der Waals surface area contributed by atoms with Crippen LogP contribution in [0, 0.1) is 5.92 Å². The first kappa shape index (κ1) is 15.4. The van der Waals surface area contributed by atoms with Crippen molar-refractivity contribution in [3.63, 3.8) is 0 Å². The molecule has 21 heavy (non-hydrogen) atoms. The summed E-state index contributed by atoms with van der Waals surface area (Å²) in [4.78, 5) is 25.3. The van der Waals surface area contributed by atoms with Gasteiger partial charge in [-0.1, -0.05) is 12.1 Å². The number of carbonyl (C=O) groups excluding carboxylic acids is 2. The molecule has 2 N–H and O–H groups in total. The van der Waals surface area contributed by atoms with Crippen molar-refractivity contribution in [2.45, 2.75) is 26.2 Å². The Hall–Kier alpha value is -2.04. The molecule has 1 aromatic carbocycles. The Kier molecular flexibility index (Phi) is 5.20. The van der Waals surface area contributed by atoms with Crippen LogP contribution in [0.25, 0.3) is 0 Å². The molecule has 5 heteroatoms. The van der Waals surface area contributed by atoms with E-state index in [0.29, 0.717) is 26.1 Å². The first-order valence-corrected chi connectivity index (χ1v) is 7.39. The Morgan fingerprint density at radius 1 is 1.33 bits per heavy atom. The number of rotatable bonds is 5. The minimum absolute atomic E-state index is 0.0464. The molecule has 1 aliphatic rings. The van der Waals surface area contributed by atoms with Crippen molar-refractivity contribution in [1.29, 1.82) is 0 Å². The Morgan fingerprint density at radius 3 is 2.67 bits per heavy atom. The molecule has 1 fully saturated rings. The fraction of sp³-hybridized carbons (Fsp3) is 0.500. The van der Waals surface area contributed by atoms with Crippen molar-refractivity contribution in [3.8, 4) is 5.75 Å². The summed E-state index contributed by atoms with van der Waals surface area (Å²) in [5, 5.41) is 0. The minimum atomic E-state index is -0.312. The Balaban J connectivity index is 1.92. The summed E-state index contributed by atoms with van der Waals surface area (Å²) in [5.41, 5.74) is 6.29. The van der Waals surface area contributed by atoms with Crippen LogP contribution >= 0.6 is 0 Å². The largest absolute Gasteiger partial charge is 0.494 e. The van der Waals surface area contributed by atoms with E-state index in [1.54, 1.807) is 4.90 Å². The molecule has 2 rings (SSSR count). The van der Waals surface area contributed by atoms with Crippen molar-refractivity contribution in [1.82, 2.24) is 4.90 Å². The first-order chi connectivity index (χ1) is 10.1. The van der Waals surface area contributed by atoms with Crippen LogP contribution in [0.4, 0.5) is 0 Å². The number of hydrogen-bond donors (Lipinski definition) is 1. The highest BCUT2D eigenvalue weighted by atomic mass is 16.5. The Morgan fingerprint density at radius 2 is 2.05 bits per heavy atom. The van der Waals surface area contributed by atoms with Crippen LogP contribution in [0.2, 0.25) is 0 Å². The van der Waals surface area contributed by atoms with E-state index in [2.05, 4.69) is 0 Å². The third-order valence-corrected chi connectivity index (χ3v) is 3.77. The Labute approximate surface area is 125 Å². The molecule has 1 aromatic rings. The molecule has 0 spiro atoms. The lowest BCUT2D eigenvalue weighted by Gasteiger charge is -2.31. The van der Waals surface area contributed by atoms with Gasteiger partial charge in [-0.25, -0.2) is 0 Å². The van der Waals surface area contributed by atoms with E-state index in [0.717, 1.165) is 24.2 Å². The summed E-state index contributed by atoms with van der Waals surface area (Å²) in [7, 11) is 0. The average Bonchev–Trinajstić information content (AvgIpc) is 2.49. The lowest BCUT2D eigenvalue weighted by molar-refractivity contribution is -0.134. The van der Waals surface area contributed by atoms with Gasteiger partial charge in [0.1, 0.15) is 5.75 Å². The third kappa shape index (κ3) is 4.21. The van der Waals surface area contributed by atoms with Gasteiger partial charge in [0.15, 0.2) is 0 Å². The van der Waals surface area contributed by atoms with Gasteiger partial charge in [-0.05, 0) is 37.5 Å². The van der Waals surface area contributed by atoms with Crippen molar-refractivity contribution < 1.29 is 14.3 Å². The normalized spacial score (nSPS) is 18.3. The summed E-state index contributed by atoms with van der Waals surface area (Å²) < 4.78 is 5.38. The molecule has 5 nitrogen and oxygen atoms in total. The quantitative estimate of drug-likeness (QED) is 0.889. The number of hydrogen-bond acceptors (Lipinski definition) is 3. The number of likely N-dealkylation sites (tertiary alicyclic amines) is 1. The molecule has 114 valence electrons. The number of ether oxygens (including phenoxy) is 1. The highest BCUT2D eigenvalue weighted by Crippen LogP contribution is 2.18. The molecule has 0 aliphatic carbocycles. The van der Waals surface area contributed by atoms with Crippen LogP contribution in [0.5, 0.6) is 5.75 Å². The molecule has 1 heterocycles. The monoisotopic (exact) mass is 290 g/mol.